The van der Waals surface area contributed by atoms with Crippen LogP contribution in [-0.4, -0.2) is 101 Å². The molecule has 45 heavy (non-hydrogen) atoms. The van der Waals surface area contributed by atoms with E-state index in [-0.39, 0.29) is 53.5 Å². The number of nitrogens with zero attached hydrogens (tertiary/aromatic N) is 6. The molecule has 242 valence electrons. The van der Waals surface area contributed by atoms with Crippen LogP contribution in [0.1, 0.15) is 19.7 Å². The summed E-state index contributed by atoms with van der Waals surface area (Å²) in [6.45, 7) is 2.92. The van der Waals surface area contributed by atoms with Gasteiger partial charge in [0.2, 0.25) is 23.3 Å². The van der Waals surface area contributed by atoms with Crippen LogP contribution in [0.5, 0.6) is 0 Å². The number of hydrogen-bond acceptors (Lipinski definition) is 14. The Morgan fingerprint density at radius 3 is 2.58 bits per heavy atom. The summed E-state index contributed by atoms with van der Waals surface area (Å²) in [6, 6.07) is -1.68. The van der Waals surface area contributed by atoms with Crippen molar-refractivity contribution in [2.24, 2.45) is 17.9 Å². The minimum atomic E-state index is -1.82. The van der Waals surface area contributed by atoms with Crippen LogP contribution in [0.15, 0.2) is 22.6 Å². The molecule has 4 amide bonds. The van der Waals surface area contributed by atoms with E-state index in [1.807, 2.05) is 0 Å². The first kappa shape index (κ1) is 32.9. The average Bonchev–Trinajstić information content (AvgIpc) is 3.52. The molecule has 1 saturated heterocycles. The van der Waals surface area contributed by atoms with Crippen LogP contribution in [-0.2, 0) is 37.6 Å². The Balaban J connectivity index is 1.54. The molecule has 1 unspecified atom stereocenters. The van der Waals surface area contributed by atoms with Gasteiger partial charge < -0.3 is 42.9 Å². The number of rotatable bonds is 12. The third kappa shape index (κ3) is 6.76. The smallest absolute Gasteiger partial charge is 0.352 e. The van der Waals surface area contributed by atoms with Crippen molar-refractivity contribution in [3.63, 3.8) is 0 Å². The Hall–Kier alpha value is -4.96. The van der Waals surface area contributed by atoms with Gasteiger partial charge in [-0.05, 0) is 13.8 Å². The second-order valence-corrected chi connectivity index (χ2v) is 12.0. The van der Waals surface area contributed by atoms with Gasteiger partial charge in [0.15, 0.2) is 23.2 Å². The van der Waals surface area contributed by atoms with Crippen molar-refractivity contribution in [3.05, 3.63) is 23.3 Å². The zero-order valence-corrected chi connectivity index (χ0v) is 25.8. The molecule has 0 aromatic carbocycles. The summed E-state index contributed by atoms with van der Waals surface area (Å²) in [5.74, 6) is -4.28. The van der Waals surface area contributed by atoms with Crippen LogP contribution in [0.3, 0.4) is 0 Å². The number of carbonyl (C=O) groups excluding carboxylic acids is 3. The SMILES string of the molecule is Cn1c(N)c(NC(=O)NCCN)c[n+]1CC1=C(C(=O)O)N2C(=O)[C@@H](NC(=O)C(=NOC(C)(C)C(=O)O)c3nsc(N)n3)C2SC1. The van der Waals surface area contributed by atoms with Crippen molar-refractivity contribution in [1.29, 1.82) is 0 Å². The molecule has 4 rings (SSSR count). The lowest BCUT2D eigenvalue weighted by molar-refractivity contribution is -0.765. The molecule has 0 saturated carbocycles. The molecule has 2 aromatic heterocycles. The number of nitrogens with one attached hydrogen (secondary N) is 3. The quantitative estimate of drug-likeness (QED) is 0.0500. The van der Waals surface area contributed by atoms with Gasteiger partial charge in [-0.15, -0.1) is 21.1 Å². The molecule has 1 fully saturated rings. The first-order chi connectivity index (χ1) is 21.2. The van der Waals surface area contributed by atoms with Crippen molar-refractivity contribution >= 4 is 75.4 Å². The number of urea groups is 1. The van der Waals surface area contributed by atoms with E-state index in [9.17, 15) is 34.2 Å². The number of carbonyl (C=O) groups is 5. The van der Waals surface area contributed by atoms with Gasteiger partial charge >= 0.3 is 18.0 Å². The van der Waals surface area contributed by atoms with Gasteiger partial charge in [0.05, 0.1) is 7.05 Å². The number of nitrogen functional groups attached to an aromatic ring is 2. The number of carboxylic acids is 2. The fourth-order valence-electron chi connectivity index (χ4n) is 4.14. The molecule has 2 aromatic rings. The van der Waals surface area contributed by atoms with Gasteiger partial charge in [0.1, 0.15) is 17.1 Å². The summed E-state index contributed by atoms with van der Waals surface area (Å²) in [5, 5.41) is 29.9. The summed E-state index contributed by atoms with van der Waals surface area (Å²) in [6.07, 6.45) is 1.52. The predicted molar refractivity (Wildman–Crippen MR) is 159 cm³/mol. The van der Waals surface area contributed by atoms with E-state index in [2.05, 4.69) is 30.5 Å². The van der Waals surface area contributed by atoms with Crippen LogP contribution >= 0.6 is 23.3 Å². The minimum Gasteiger partial charge on any atom is -0.478 e. The van der Waals surface area contributed by atoms with Crippen LogP contribution in [0, 0.1) is 0 Å². The summed E-state index contributed by atoms with van der Waals surface area (Å²) < 4.78 is 7.00. The van der Waals surface area contributed by atoms with E-state index in [0.29, 0.717) is 5.57 Å². The van der Waals surface area contributed by atoms with Crippen LogP contribution in [0.4, 0.5) is 21.4 Å². The van der Waals surface area contributed by atoms with Crippen molar-refractivity contribution in [2.45, 2.75) is 37.4 Å². The Morgan fingerprint density at radius 1 is 1.27 bits per heavy atom. The van der Waals surface area contributed by atoms with Gasteiger partial charge in [-0.2, -0.15) is 9.36 Å². The topological polar surface area (TPSA) is 299 Å². The molecule has 22 heteroatoms. The summed E-state index contributed by atoms with van der Waals surface area (Å²) in [5.41, 5.74) is 15.2. The number of oxime groups is 1. The van der Waals surface area contributed by atoms with Gasteiger partial charge in [-0.3, -0.25) is 19.8 Å². The molecular weight excluding hydrogens is 636 g/mol. The van der Waals surface area contributed by atoms with Crippen molar-refractivity contribution in [1.82, 2.24) is 29.6 Å². The molecule has 0 spiro atoms. The highest BCUT2D eigenvalue weighted by molar-refractivity contribution is 8.00. The second kappa shape index (κ2) is 13.0. The Kier molecular flexibility index (Phi) is 9.48. The Morgan fingerprint density at radius 2 is 1.98 bits per heavy atom. The van der Waals surface area contributed by atoms with E-state index >= 15 is 0 Å². The zero-order chi connectivity index (χ0) is 33.2. The minimum absolute atomic E-state index is 0.00361. The highest BCUT2D eigenvalue weighted by atomic mass is 32.2. The molecular formula is C23H31N12O8S2+. The van der Waals surface area contributed by atoms with Crippen LogP contribution < -0.4 is 37.8 Å². The number of carboxylic acid groups (broad SMARTS) is 2. The molecule has 0 bridgehead atoms. The lowest BCUT2D eigenvalue weighted by Crippen LogP contribution is -2.71. The number of β-lactam (4-membered cyclic amide) rings is 1. The number of hydrogen-bond donors (Lipinski definition) is 8. The number of aromatic nitrogens is 4. The number of aliphatic carboxylic acids is 2. The Bertz CT molecular complexity index is 1620. The average molecular weight is 668 g/mol. The highest BCUT2D eigenvalue weighted by Gasteiger charge is 2.55. The second-order valence-electron chi connectivity index (χ2n) is 10.1. The fraction of sp³-hybridized carbons (Fsp3) is 0.435. The number of nitrogens with two attached hydrogens (primary N) is 3. The lowest BCUT2D eigenvalue weighted by Gasteiger charge is -2.49. The standard InChI is InChI=1S/C23H30N12O8S2/c1-23(2,20(40)41)43-31-11(15-30-21(26)45-32-15)16(36)29-12-17(37)35-13(19(38)39)9(8-44-18(12)35)6-34-7-10(14(25)33(34)3)28-22(42)27-5-4-24/h7,12,18,25H,4-6,8,24H2,1-3H3,(H7,26,27,28,29,30,32,36,38,39,40,41,42)/p+1/t12-,18?/m1/s1. The predicted octanol–water partition coefficient (Wildman–Crippen LogP) is -2.57. The van der Waals surface area contributed by atoms with Gasteiger partial charge in [0.25, 0.3) is 11.8 Å². The highest BCUT2D eigenvalue weighted by Crippen LogP contribution is 2.40. The maximum atomic E-state index is 13.3. The molecule has 2 aliphatic heterocycles. The summed E-state index contributed by atoms with van der Waals surface area (Å²) in [7, 11) is 1.61. The lowest BCUT2D eigenvalue weighted by atomic mass is 10.0. The van der Waals surface area contributed by atoms with Crippen molar-refractivity contribution < 1.29 is 43.7 Å². The number of fused-ring (bicyclic) bond motifs is 1. The first-order valence-corrected chi connectivity index (χ1v) is 14.9. The summed E-state index contributed by atoms with van der Waals surface area (Å²) in [4.78, 5) is 72.4. The maximum Gasteiger partial charge on any atom is 0.352 e. The van der Waals surface area contributed by atoms with Gasteiger partial charge in [-0.1, -0.05) is 5.16 Å². The number of anilines is 3. The molecule has 20 nitrogen and oxygen atoms in total. The van der Waals surface area contributed by atoms with E-state index in [4.69, 9.17) is 22.0 Å². The van der Waals surface area contributed by atoms with E-state index < -0.39 is 52.5 Å². The first-order valence-electron chi connectivity index (χ1n) is 13.1. The zero-order valence-electron chi connectivity index (χ0n) is 24.1. The van der Waals surface area contributed by atoms with Gasteiger partial charge in [-0.25, -0.2) is 14.4 Å². The third-order valence-electron chi connectivity index (χ3n) is 6.60. The van der Waals surface area contributed by atoms with Gasteiger partial charge in [0, 0.05) is 35.9 Å². The van der Waals surface area contributed by atoms with Crippen molar-refractivity contribution in [3.8, 4) is 0 Å². The molecule has 0 aliphatic carbocycles. The number of thioether (sulfide) groups is 1. The van der Waals surface area contributed by atoms with Crippen molar-refractivity contribution in [2.75, 3.05) is 35.6 Å². The molecule has 2 atom stereocenters. The van der Waals surface area contributed by atoms with E-state index in [1.54, 1.807) is 11.7 Å². The largest absolute Gasteiger partial charge is 0.478 e. The van der Waals surface area contributed by atoms with Crippen LogP contribution in [0.25, 0.3) is 0 Å². The fourth-order valence-corrected chi connectivity index (χ4v) is 5.91. The molecule has 2 aliphatic rings. The monoisotopic (exact) mass is 667 g/mol. The molecule has 4 heterocycles. The molecule has 0 radical (unpaired) electrons. The third-order valence-corrected chi connectivity index (χ3v) is 8.49. The van der Waals surface area contributed by atoms with E-state index in [1.165, 1.54) is 36.5 Å². The number of amides is 4. The van der Waals surface area contributed by atoms with Crippen LogP contribution in [0.2, 0.25) is 0 Å². The molecule has 11 N–H and O–H groups in total. The maximum absolute atomic E-state index is 13.3. The van der Waals surface area contributed by atoms with E-state index in [0.717, 1.165) is 16.4 Å². The Labute approximate surface area is 262 Å². The summed E-state index contributed by atoms with van der Waals surface area (Å²) >= 11 is 1.96. The normalized spacial score (nSPS) is 18.2.